The number of nitrogens with one attached hydrogen (secondary N) is 2. The molecule has 2 fully saturated rings. The molecule has 1 saturated heterocycles. The van der Waals surface area contributed by atoms with Crippen LogP contribution in [0.5, 0.6) is 0 Å². The van der Waals surface area contributed by atoms with E-state index < -0.39 is 5.60 Å². The lowest BCUT2D eigenvalue weighted by molar-refractivity contribution is -0.129. The van der Waals surface area contributed by atoms with E-state index in [9.17, 15) is 14.7 Å². The van der Waals surface area contributed by atoms with Gasteiger partial charge in [0, 0.05) is 19.5 Å². The minimum atomic E-state index is -0.701. The highest BCUT2D eigenvalue weighted by Gasteiger charge is 2.32. The van der Waals surface area contributed by atoms with Gasteiger partial charge in [0.2, 0.25) is 11.8 Å². The highest BCUT2D eigenvalue weighted by molar-refractivity contribution is 5.83. The number of aliphatic hydroxyl groups is 1. The molecule has 1 aliphatic carbocycles. The number of amides is 2. The summed E-state index contributed by atoms with van der Waals surface area (Å²) < 4.78 is 0. The quantitative estimate of drug-likeness (QED) is 0.646. The van der Waals surface area contributed by atoms with E-state index in [0.29, 0.717) is 25.9 Å². The van der Waals surface area contributed by atoms with Crippen LogP contribution in [0.3, 0.4) is 0 Å². The maximum atomic E-state index is 11.8. The molecular formula is C12H20N2O3. The molecule has 0 radical (unpaired) electrons. The van der Waals surface area contributed by atoms with Gasteiger partial charge in [-0.15, -0.1) is 0 Å². The predicted octanol–water partition coefficient (Wildman–Crippen LogP) is -0.0661. The fourth-order valence-corrected chi connectivity index (χ4v) is 2.56. The third-order valence-corrected chi connectivity index (χ3v) is 3.76. The van der Waals surface area contributed by atoms with Gasteiger partial charge in [0.15, 0.2) is 0 Å². The molecule has 0 bridgehead atoms. The van der Waals surface area contributed by atoms with E-state index in [1.54, 1.807) is 0 Å². The first-order valence-electron chi connectivity index (χ1n) is 6.36. The monoisotopic (exact) mass is 240 g/mol. The molecule has 2 rings (SSSR count). The molecule has 96 valence electrons. The summed E-state index contributed by atoms with van der Waals surface area (Å²) >= 11 is 0. The number of carbonyl (C=O) groups excluding carboxylic acids is 2. The Hall–Kier alpha value is -1.10. The van der Waals surface area contributed by atoms with Crippen molar-refractivity contribution in [1.29, 1.82) is 0 Å². The van der Waals surface area contributed by atoms with Crippen LogP contribution in [0.1, 0.15) is 38.5 Å². The van der Waals surface area contributed by atoms with Crippen molar-refractivity contribution in [1.82, 2.24) is 10.6 Å². The summed E-state index contributed by atoms with van der Waals surface area (Å²) in [5.74, 6) is -0.175. The first kappa shape index (κ1) is 12.4. The van der Waals surface area contributed by atoms with E-state index in [-0.39, 0.29) is 17.7 Å². The zero-order valence-electron chi connectivity index (χ0n) is 10.00. The summed E-state index contributed by atoms with van der Waals surface area (Å²) in [5.41, 5.74) is -0.701. The molecule has 0 aromatic rings. The van der Waals surface area contributed by atoms with Crippen LogP contribution in [0.4, 0.5) is 0 Å². The minimum absolute atomic E-state index is 0.0171. The van der Waals surface area contributed by atoms with Gasteiger partial charge >= 0.3 is 0 Å². The van der Waals surface area contributed by atoms with E-state index in [1.165, 1.54) is 0 Å². The van der Waals surface area contributed by atoms with Gasteiger partial charge in [0.1, 0.15) is 0 Å². The molecule has 1 aliphatic heterocycles. The van der Waals surface area contributed by atoms with Crippen LogP contribution in [-0.4, -0.2) is 35.6 Å². The number of piperidine rings is 1. The van der Waals surface area contributed by atoms with Gasteiger partial charge in [-0.25, -0.2) is 0 Å². The standard InChI is InChI=1S/C12H20N2O3/c15-10-4-3-9(7-13-10)11(16)14-8-12(17)5-1-2-6-12/h9,17H,1-8H2,(H,13,15)(H,14,16). The Morgan fingerprint density at radius 2 is 2.18 bits per heavy atom. The molecule has 0 aromatic carbocycles. The number of hydrogen-bond donors (Lipinski definition) is 3. The van der Waals surface area contributed by atoms with Crippen LogP contribution >= 0.6 is 0 Å². The highest BCUT2D eigenvalue weighted by atomic mass is 16.3. The lowest BCUT2D eigenvalue weighted by atomic mass is 9.97. The highest BCUT2D eigenvalue weighted by Crippen LogP contribution is 2.28. The van der Waals surface area contributed by atoms with Gasteiger partial charge in [-0.05, 0) is 19.3 Å². The zero-order chi connectivity index (χ0) is 12.3. The van der Waals surface area contributed by atoms with Gasteiger partial charge in [-0.1, -0.05) is 12.8 Å². The van der Waals surface area contributed by atoms with E-state index in [2.05, 4.69) is 10.6 Å². The average Bonchev–Trinajstić information content (AvgIpc) is 2.75. The molecule has 2 amide bonds. The van der Waals surface area contributed by atoms with Crippen LogP contribution < -0.4 is 10.6 Å². The fraction of sp³-hybridized carbons (Fsp3) is 0.833. The molecule has 1 saturated carbocycles. The normalized spacial score (nSPS) is 27.6. The van der Waals surface area contributed by atoms with Crippen LogP contribution in [-0.2, 0) is 9.59 Å². The summed E-state index contributed by atoms with van der Waals surface area (Å²) in [6.45, 7) is 0.763. The van der Waals surface area contributed by atoms with E-state index in [0.717, 1.165) is 25.7 Å². The summed E-state index contributed by atoms with van der Waals surface area (Å²) in [4.78, 5) is 22.8. The topological polar surface area (TPSA) is 78.4 Å². The Balaban J connectivity index is 1.75. The first-order valence-corrected chi connectivity index (χ1v) is 6.36. The first-order chi connectivity index (χ1) is 8.09. The van der Waals surface area contributed by atoms with Gasteiger partial charge in [0.25, 0.3) is 0 Å². The summed E-state index contributed by atoms with van der Waals surface area (Å²) in [7, 11) is 0. The molecule has 5 heteroatoms. The van der Waals surface area contributed by atoms with E-state index in [1.807, 2.05) is 0 Å². The third-order valence-electron chi connectivity index (χ3n) is 3.76. The van der Waals surface area contributed by atoms with Crippen molar-refractivity contribution in [3.05, 3.63) is 0 Å². The molecule has 17 heavy (non-hydrogen) atoms. The molecule has 0 spiro atoms. The largest absolute Gasteiger partial charge is 0.388 e. The van der Waals surface area contributed by atoms with Crippen LogP contribution in [0.25, 0.3) is 0 Å². The zero-order valence-corrected chi connectivity index (χ0v) is 10.00. The van der Waals surface area contributed by atoms with E-state index >= 15 is 0 Å². The van der Waals surface area contributed by atoms with Gasteiger partial charge in [-0.2, -0.15) is 0 Å². The molecule has 1 unspecified atom stereocenters. The summed E-state index contributed by atoms with van der Waals surface area (Å²) in [5, 5.41) is 15.6. The fourth-order valence-electron chi connectivity index (χ4n) is 2.56. The second kappa shape index (κ2) is 5.04. The Morgan fingerprint density at radius 1 is 1.47 bits per heavy atom. The number of hydrogen-bond acceptors (Lipinski definition) is 3. The second-order valence-electron chi connectivity index (χ2n) is 5.19. The molecular weight excluding hydrogens is 220 g/mol. The predicted molar refractivity (Wildman–Crippen MR) is 62.2 cm³/mol. The van der Waals surface area contributed by atoms with Crippen molar-refractivity contribution < 1.29 is 14.7 Å². The summed E-state index contributed by atoms with van der Waals surface area (Å²) in [6, 6.07) is 0. The Bertz CT molecular complexity index is 301. The van der Waals surface area contributed by atoms with Crippen LogP contribution in [0, 0.1) is 5.92 Å². The molecule has 2 aliphatic rings. The second-order valence-corrected chi connectivity index (χ2v) is 5.19. The molecule has 1 heterocycles. The van der Waals surface area contributed by atoms with Crippen molar-refractivity contribution in [2.24, 2.45) is 5.92 Å². The van der Waals surface area contributed by atoms with Crippen molar-refractivity contribution in [3.8, 4) is 0 Å². The van der Waals surface area contributed by atoms with Crippen molar-refractivity contribution in [3.63, 3.8) is 0 Å². The lowest BCUT2D eigenvalue weighted by Gasteiger charge is -2.26. The molecule has 0 aromatic heterocycles. The number of carbonyl (C=O) groups is 2. The van der Waals surface area contributed by atoms with Crippen LogP contribution in [0.15, 0.2) is 0 Å². The van der Waals surface area contributed by atoms with Gasteiger partial charge in [0.05, 0.1) is 11.5 Å². The Kier molecular flexibility index (Phi) is 3.66. The Morgan fingerprint density at radius 3 is 2.76 bits per heavy atom. The SMILES string of the molecule is O=C1CCC(C(=O)NCC2(O)CCCC2)CN1. The van der Waals surface area contributed by atoms with Crippen molar-refractivity contribution >= 4 is 11.8 Å². The van der Waals surface area contributed by atoms with Gasteiger partial charge in [-0.3, -0.25) is 9.59 Å². The third kappa shape index (κ3) is 3.19. The maximum Gasteiger partial charge on any atom is 0.225 e. The van der Waals surface area contributed by atoms with Gasteiger partial charge < -0.3 is 15.7 Å². The Labute approximate surface area is 101 Å². The molecule has 1 atom stereocenters. The lowest BCUT2D eigenvalue weighted by Crippen LogP contribution is -2.47. The summed E-state index contributed by atoms with van der Waals surface area (Å²) in [6.07, 6.45) is 4.64. The van der Waals surface area contributed by atoms with Crippen molar-refractivity contribution in [2.75, 3.05) is 13.1 Å². The smallest absolute Gasteiger partial charge is 0.225 e. The molecule has 5 nitrogen and oxygen atoms in total. The minimum Gasteiger partial charge on any atom is -0.388 e. The average molecular weight is 240 g/mol. The number of rotatable bonds is 3. The van der Waals surface area contributed by atoms with E-state index in [4.69, 9.17) is 0 Å². The maximum absolute atomic E-state index is 11.8. The van der Waals surface area contributed by atoms with Crippen LogP contribution in [0.2, 0.25) is 0 Å². The van der Waals surface area contributed by atoms with Crippen molar-refractivity contribution in [2.45, 2.75) is 44.1 Å². The molecule has 3 N–H and O–H groups in total.